The monoisotopic (exact) mass is 394 g/mol. The number of hydrogen-bond donors (Lipinski definition) is 2. The van der Waals surface area contributed by atoms with E-state index in [9.17, 15) is 4.79 Å². The SMILES string of the molecule is COc1cccc([C@@H]2Nc3nonc3NC3=C2C(=O)C[C@@H](c2cccs2)C3)c1. The summed E-state index contributed by atoms with van der Waals surface area (Å²) in [5.74, 6) is 2.00. The van der Waals surface area contributed by atoms with Crippen LogP contribution in [0.15, 0.2) is 57.7 Å². The number of carbonyl (C=O) groups is 1. The first-order valence-electron chi connectivity index (χ1n) is 9.02. The Hall–Kier alpha value is -3.13. The maximum absolute atomic E-state index is 13.3. The van der Waals surface area contributed by atoms with Gasteiger partial charge >= 0.3 is 0 Å². The van der Waals surface area contributed by atoms with Crippen molar-refractivity contribution in [1.82, 2.24) is 10.3 Å². The van der Waals surface area contributed by atoms with Gasteiger partial charge in [0.25, 0.3) is 0 Å². The van der Waals surface area contributed by atoms with E-state index in [0.717, 1.165) is 29.0 Å². The highest BCUT2D eigenvalue weighted by Crippen LogP contribution is 2.44. The van der Waals surface area contributed by atoms with Gasteiger partial charge in [0.1, 0.15) is 5.75 Å². The van der Waals surface area contributed by atoms with Gasteiger partial charge in [-0.05, 0) is 45.9 Å². The molecule has 5 rings (SSSR count). The summed E-state index contributed by atoms with van der Waals surface area (Å²) in [6, 6.07) is 11.5. The van der Waals surface area contributed by atoms with Gasteiger partial charge in [-0.15, -0.1) is 11.3 Å². The van der Waals surface area contributed by atoms with Gasteiger partial charge in [-0.2, -0.15) is 0 Å². The summed E-state index contributed by atoms with van der Waals surface area (Å²) in [4.78, 5) is 14.5. The molecule has 3 aromatic rings. The molecule has 1 aromatic carbocycles. The summed E-state index contributed by atoms with van der Waals surface area (Å²) in [6.07, 6.45) is 1.22. The van der Waals surface area contributed by atoms with Gasteiger partial charge < -0.3 is 15.4 Å². The van der Waals surface area contributed by atoms with Crippen molar-refractivity contribution in [2.24, 2.45) is 0 Å². The van der Waals surface area contributed by atoms with Crippen LogP contribution in [0.3, 0.4) is 0 Å². The van der Waals surface area contributed by atoms with E-state index in [-0.39, 0.29) is 17.7 Å². The largest absolute Gasteiger partial charge is 0.497 e. The van der Waals surface area contributed by atoms with Crippen molar-refractivity contribution in [3.63, 3.8) is 0 Å². The number of methoxy groups -OCH3 is 1. The Morgan fingerprint density at radius 1 is 1.18 bits per heavy atom. The highest BCUT2D eigenvalue weighted by atomic mass is 32.1. The Morgan fingerprint density at radius 3 is 2.89 bits per heavy atom. The molecular weight excluding hydrogens is 376 g/mol. The fourth-order valence-corrected chi connectivity index (χ4v) is 4.73. The number of Topliss-reactive ketones (excluding diaryl/α,β-unsaturated/α-hetero) is 1. The predicted molar refractivity (Wildman–Crippen MR) is 106 cm³/mol. The minimum Gasteiger partial charge on any atom is -0.497 e. The number of nitrogens with zero attached hydrogens (tertiary/aromatic N) is 2. The van der Waals surface area contributed by atoms with Crippen LogP contribution in [0.25, 0.3) is 0 Å². The molecule has 0 radical (unpaired) electrons. The van der Waals surface area contributed by atoms with Crippen molar-refractivity contribution in [3.8, 4) is 5.75 Å². The molecule has 2 aliphatic rings. The second-order valence-electron chi connectivity index (χ2n) is 6.88. The molecular formula is C20H18N4O3S. The van der Waals surface area contributed by atoms with Crippen LogP contribution in [0, 0.1) is 0 Å². The summed E-state index contributed by atoms with van der Waals surface area (Å²) in [7, 11) is 1.63. The number of hydrogen-bond acceptors (Lipinski definition) is 8. The minimum absolute atomic E-state index is 0.120. The first kappa shape index (κ1) is 17.0. The quantitative estimate of drug-likeness (QED) is 0.691. The van der Waals surface area contributed by atoms with E-state index in [4.69, 9.17) is 9.37 Å². The summed E-state index contributed by atoms with van der Waals surface area (Å²) in [6.45, 7) is 0. The number of ether oxygens (including phenoxy) is 1. The molecule has 2 atom stereocenters. The molecule has 0 spiro atoms. The van der Waals surface area contributed by atoms with Crippen molar-refractivity contribution in [3.05, 3.63) is 63.5 Å². The zero-order chi connectivity index (χ0) is 19.1. The van der Waals surface area contributed by atoms with Crippen LogP contribution in [0.4, 0.5) is 11.6 Å². The number of benzene rings is 1. The lowest BCUT2D eigenvalue weighted by atomic mass is 9.81. The lowest BCUT2D eigenvalue weighted by Crippen LogP contribution is -2.26. The lowest BCUT2D eigenvalue weighted by Gasteiger charge is -2.29. The molecule has 0 unspecified atom stereocenters. The van der Waals surface area contributed by atoms with Gasteiger partial charge in [-0.1, -0.05) is 18.2 Å². The Labute approximate surface area is 165 Å². The zero-order valence-electron chi connectivity index (χ0n) is 15.1. The molecule has 0 bridgehead atoms. The third kappa shape index (κ3) is 2.86. The van der Waals surface area contributed by atoms with E-state index in [1.807, 2.05) is 35.7 Å². The first-order valence-corrected chi connectivity index (χ1v) is 9.90. The predicted octanol–water partition coefficient (Wildman–Crippen LogP) is 4.12. The fraction of sp³-hybridized carbons (Fsp3) is 0.250. The number of anilines is 2. The van der Waals surface area contributed by atoms with Crippen molar-refractivity contribution in [2.45, 2.75) is 24.8 Å². The number of thiophene rings is 1. The Bertz CT molecular complexity index is 1060. The molecule has 0 saturated carbocycles. The second-order valence-corrected chi connectivity index (χ2v) is 7.86. The number of aromatic nitrogens is 2. The highest BCUT2D eigenvalue weighted by molar-refractivity contribution is 7.10. The molecule has 1 aliphatic heterocycles. The number of fused-ring (bicyclic) bond motifs is 1. The molecule has 0 saturated heterocycles. The average molecular weight is 394 g/mol. The summed E-state index contributed by atoms with van der Waals surface area (Å²) in [5, 5.41) is 16.6. The van der Waals surface area contributed by atoms with Crippen LogP contribution in [0.1, 0.15) is 35.2 Å². The third-order valence-corrected chi connectivity index (χ3v) is 6.24. The van der Waals surface area contributed by atoms with Gasteiger partial charge in [0, 0.05) is 28.5 Å². The van der Waals surface area contributed by atoms with Crippen LogP contribution in [0.2, 0.25) is 0 Å². The van der Waals surface area contributed by atoms with E-state index in [2.05, 4.69) is 27.0 Å². The van der Waals surface area contributed by atoms with Crippen molar-refractivity contribution in [1.29, 1.82) is 0 Å². The second kappa shape index (κ2) is 6.79. The molecule has 3 heterocycles. The molecule has 2 aromatic heterocycles. The van der Waals surface area contributed by atoms with Crippen LogP contribution >= 0.6 is 11.3 Å². The van der Waals surface area contributed by atoms with Crippen LogP contribution < -0.4 is 15.4 Å². The van der Waals surface area contributed by atoms with E-state index in [1.54, 1.807) is 18.4 Å². The van der Waals surface area contributed by atoms with E-state index in [1.165, 1.54) is 4.88 Å². The molecule has 8 heteroatoms. The number of carbonyl (C=O) groups excluding carboxylic acids is 1. The van der Waals surface area contributed by atoms with Crippen LogP contribution in [-0.4, -0.2) is 23.2 Å². The third-order valence-electron chi connectivity index (χ3n) is 5.21. The standard InChI is InChI=1S/C20H18N4O3S/c1-26-13-5-2-4-11(8-13)18-17-14(21-19-20(22-18)24-27-23-19)9-12(10-15(17)25)16-6-3-7-28-16/h2-8,12,18H,9-10H2,1H3,(H,21,23)(H,22,24)/t12-,18-/m0/s1. The number of ketones is 1. The van der Waals surface area contributed by atoms with Gasteiger partial charge in [-0.3, -0.25) is 4.79 Å². The maximum atomic E-state index is 13.3. The molecule has 28 heavy (non-hydrogen) atoms. The van der Waals surface area contributed by atoms with Gasteiger partial charge in [-0.25, -0.2) is 4.63 Å². The summed E-state index contributed by atoms with van der Waals surface area (Å²) in [5.41, 5.74) is 2.51. The van der Waals surface area contributed by atoms with Crippen molar-refractivity contribution >= 4 is 28.8 Å². The van der Waals surface area contributed by atoms with E-state index >= 15 is 0 Å². The van der Waals surface area contributed by atoms with Gasteiger partial charge in [0.15, 0.2) is 5.78 Å². The van der Waals surface area contributed by atoms with Crippen molar-refractivity contribution < 1.29 is 14.2 Å². The lowest BCUT2D eigenvalue weighted by molar-refractivity contribution is -0.116. The number of nitrogens with one attached hydrogen (secondary N) is 2. The van der Waals surface area contributed by atoms with Gasteiger partial charge in [0.2, 0.25) is 11.6 Å². The van der Waals surface area contributed by atoms with E-state index < -0.39 is 0 Å². The molecule has 0 fully saturated rings. The Kier molecular flexibility index (Phi) is 4.12. The molecule has 1 aliphatic carbocycles. The molecule has 2 N–H and O–H groups in total. The first-order chi connectivity index (χ1) is 13.7. The number of allylic oxidation sites excluding steroid dienone is 1. The van der Waals surface area contributed by atoms with Crippen LogP contribution in [-0.2, 0) is 4.79 Å². The summed E-state index contributed by atoms with van der Waals surface area (Å²) < 4.78 is 10.3. The normalized spacial score (nSPS) is 21.2. The average Bonchev–Trinajstić information content (AvgIpc) is 3.37. The maximum Gasteiger partial charge on any atom is 0.219 e. The minimum atomic E-state index is -0.359. The van der Waals surface area contributed by atoms with Gasteiger partial charge in [0.05, 0.1) is 13.2 Å². The van der Waals surface area contributed by atoms with E-state index in [0.29, 0.717) is 18.1 Å². The van der Waals surface area contributed by atoms with Crippen LogP contribution in [0.5, 0.6) is 5.75 Å². The summed E-state index contributed by atoms with van der Waals surface area (Å²) >= 11 is 1.68. The molecule has 0 amide bonds. The highest BCUT2D eigenvalue weighted by Gasteiger charge is 2.37. The Morgan fingerprint density at radius 2 is 2.07 bits per heavy atom. The van der Waals surface area contributed by atoms with Crippen molar-refractivity contribution in [2.75, 3.05) is 17.7 Å². The number of rotatable bonds is 3. The Balaban J connectivity index is 1.61. The molecule has 142 valence electrons. The molecule has 7 nitrogen and oxygen atoms in total. The smallest absolute Gasteiger partial charge is 0.219 e. The zero-order valence-corrected chi connectivity index (χ0v) is 16.0. The topological polar surface area (TPSA) is 89.3 Å². The fourth-order valence-electron chi connectivity index (χ4n) is 3.90.